The van der Waals surface area contributed by atoms with Crippen LogP contribution in [0, 0.1) is 13.8 Å². The summed E-state index contributed by atoms with van der Waals surface area (Å²) in [5.74, 6) is 0.0902. The van der Waals surface area contributed by atoms with Gasteiger partial charge in [0.05, 0.1) is 11.4 Å². The number of nitrogens with zero attached hydrogens (tertiary/aromatic N) is 3. The van der Waals surface area contributed by atoms with Gasteiger partial charge in [0.25, 0.3) is 0 Å². The van der Waals surface area contributed by atoms with E-state index in [1.165, 1.54) is 4.88 Å². The van der Waals surface area contributed by atoms with E-state index in [4.69, 9.17) is 10.9 Å². The van der Waals surface area contributed by atoms with Gasteiger partial charge in [-0.2, -0.15) is 0 Å². The van der Waals surface area contributed by atoms with Gasteiger partial charge in [-0.1, -0.05) is 17.3 Å². The minimum absolute atomic E-state index is 0.0902. The van der Waals surface area contributed by atoms with Crippen molar-refractivity contribution in [2.24, 2.45) is 10.9 Å². The fraction of sp³-hybridized carbons (Fsp3) is 0.231. The molecule has 0 aliphatic rings. The van der Waals surface area contributed by atoms with Crippen LogP contribution in [-0.2, 0) is 0 Å². The minimum atomic E-state index is 0.0902. The average Bonchev–Trinajstić information content (AvgIpc) is 2.77. The first kappa shape index (κ1) is 13.4. The molecule has 0 atom stereocenters. The Morgan fingerprint density at radius 1 is 1.37 bits per heavy atom. The van der Waals surface area contributed by atoms with Gasteiger partial charge in [-0.25, -0.2) is 4.98 Å². The summed E-state index contributed by atoms with van der Waals surface area (Å²) in [6.45, 7) is 4.03. The highest BCUT2D eigenvalue weighted by atomic mass is 32.1. The SMILES string of the molecule is Cc1nc(N(C)c2ccccc2C(N)=NO)sc1C. The molecule has 0 aliphatic heterocycles. The van der Waals surface area contributed by atoms with E-state index in [1.54, 1.807) is 11.3 Å². The van der Waals surface area contributed by atoms with E-state index in [0.717, 1.165) is 16.5 Å². The van der Waals surface area contributed by atoms with Crippen molar-refractivity contribution in [1.82, 2.24) is 4.98 Å². The lowest BCUT2D eigenvalue weighted by molar-refractivity contribution is 0.318. The Hall–Kier alpha value is -2.08. The zero-order valence-corrected chi connectivity index (χ0v) is 11.9. The molecule has 100 valence electrons. The molecule has 0 aliphatic carbocycles. The highest BCUT2D eigenvalue weighted by molar-refractivity contribution is 7.15. The minimum Gasteiger partial charge on any atom is -0.409 e. The molecule has 0 saturated carbocycles. The fourth-order valence-corrected chi connectivity index (χ4v) is 2.62. The van der Waals surface area contributed by atoms with E-state index in [1.807, 2.05) is 50.1 Å². The molecule has 3 N–H and O–H groups in total. The van der Waals surface area contributed by atoms with Crippen molar-refractivity contribution in [3.05, 3.63) is 40.4 Å². The predicted octanol–water partition coefficient (Wildman–Crippen LogP) is 2.62. The summed E-state index contributed by atoms with van der Waals surface area (Å²) in [4.78, 5) is 7.64. The van der Waals surface area contributed by atoms with Crippen molar-refractivity contribution in [2.75, 3.05) is 11.9 Å². The third-order valence-electron chi connectivity index (χ3n) is 2.95. The van der Waals surface area contributed by atoms with Crippen LogP contribution >= 0.6 is 11.3 Å². The largest absolute Gasteiger partial charge is 0.409 e. The van der Waals surface area contributed by atoms with Gasteiger partial charge in [-0.15, -0.1) is 11.3 Å². The molecule has 0 fully saturated rings. The van der Waals surface area contributed by atoms with Crippen LogP contribution in [-0.4, -0.2) is 23.1 Å². The first-order valence-corrected chi connectivity index (χ1v) is 6.61. The van der Waals surface area contributed by atoms with Gasteiger partial charge in [0.2, 0.25) is 0 Å². The Kier molecular flexibility index (Phi) is 3.71. The van der Waals surface area contributed by atoms with Crippen LogP contribution in [0.5, 0.6) is 0 Å². The maximum Gasteiger partial charge on any atom is 0.190 e. The summed E-state index contributed by atoms with van der Waals surface area (Å²) in [5, 5.41) is 12.8. The van der Waals surface area contributed by atoms with E-state index in [9.17, 15) is 0 Å². The summed E-state index contributed by atoms with van der Waals surface area (Å²) in [5.41, 5.74) is 8.26. The molecular weight excluding hydrogens is 260 g/mol. The summed E-state index contributed by atoms with van der Waals surface area (Å²) >= 11 is 1.62. The number of hydrogen-bond donors (Lipinski definition) is 2. The predicted molar refractivity (Wildman–Crippen MR) is 78.6 cm³/mol. The van der Waals surface area contributed by atoms with Crippen molar-refractivity contribution < 1.29 is 5.21 Å². The maximum atomic E-state index is 8.84. The first-order valence-electron chi connectivity index (χ1n) is 5.79. The molecule has 1 aromatic heterocycles. The number of rotatable bonds is 3. The molecule has 19 heavy (non-hydrogen) atoms. The van der Waals surface area contributed by atoms with E-state index >= 15 is 0 Å². The lowest BCUT2D eigenvalue weighted by Crippen LogP contribution is -2.19. The molecule has 1 aromatic carbocycles. The monoisotopic (exact) mass is 276 g/mol. The number of para-hydroxylation sites is 1. The second-order valence-electron chi connectivity index (χ2n) is 4.20. The van der Waals surface area contributed by atoms with E-state index < -0.39 is 0 Å². The third kappa shape index (κ3) is 2.53. The van der Waals surface area contributed by atoms with Crippen LogP contribution in [0.1, 0.15) is 16.1 Å². The number of oxime groups is 1. The Morgan fingerprint density at radius 3 is 2.63 bits per heavy atom. The highest BCUT2D eigenvalue weighted by Gasteiger charge is 2.15. The zero-order valence-electron chi connectivity index (χ0n) is 11.1. The molecule has 2 rings (SSSR count). The quantitative estimate of drug-likeness (QED) is 0.391. The van der Waals surface area contributed by atoms with Gasteiger partial charge in [-0.3, -0.25) is 0 Å². The molecule has 0 unspecified atom stereocenters. The topological polar surface area (TPSA) is 74.7 Å². The van der Waals surface area contributed by atoms with E-state index in [2.05, 4.69) is 10.1 Å². The highest BCUT2D eigenvalue weighted by Crippen LogP contribution is 2.31. The Morgan fingerprint density at radius 2 is 2.05 bits per heavy atom. The molecule has 6 heteroatoms. The third-order valence-corrected chi connectivity index (χ3v) is 4.10. The van der Waals surface area contributed by atoms with Gasteiger partial charge in [0.1, 0.15) is 0 Å². The smallest absolute Gasteiger partial charge is 0.190 e. The van der Waals surface area contributed by atoms with E-state index in [0.29, 0.717) is 5.56 Å². The molecule has 0 radical (unpaired) electrons. The standard InChI is InChI=1S/C13H16N4OS/c1-8-9(2)19-13(15-8)17(3)11-7-5-4-6-10(11)12(14)16-18/h4-7,18H,1-3H3,(H2,14,16). The van der Waals surface area contributed by atoms with Crippen LogP contribution in [0.3, 0.4) is 0 Å². The Labute approximate surface area is 116 Å². The number of amidine groups is 1. The Balaban J connectivity index is 2.47. The molecule has 0 spiro atoms. The van der Waals surface area contributed by atoms with Gasteiger partial charge >= 0.3 is 0 Å². The normalized spacial score (nSPS) is 11.6. The number of anilines is 2. The van der Waals surface area contributed by atoms with Crippen LogP contribution < -0.4 is 10.6 Å². The number of benzene rings is 1. The number of hydrogen-bond acceptors (Lipinski definition) is 5. The van der Waals surface area contributed by atoms with Gasteiger partial charge < -0.3 is 15.8 Å². The second-order valence-corrected chi connectivity index (χ2v) is 5.38. The summed E-state index contributed by atoms with van der Waals surface area (Å²) < 4.78 is 0. The number of thiazole rings is 1. The maximum absolute atomic E-state index is 8.84. The summed E-state index contributed by atoms with van der Waals surface area (Å²) in [7, 11) is 1.92. The molecule has 0 amide bonds. The lowest BCUT2D eigenvalue weighted by Gasteiger charge is -2.19. The number of aryl methyl sites for hydroxylation is 2. The van der Waals surface area contributed by atoms with Crippen molar-refractivity contribution in [2.45, 2.75) is 13.8 Å². The van der Waals surface area contributed by atoms with Crippen molar-refractivity contribution in [3.63, 3.8) is 0 Å². The fourth-order valence-electron chi connectivity index (χ4n) is 1.74. The van der Waals surface area contributed by atoms with Gasteiger partial charge in [0.15, 0.2) is 11.0 Å². The van der Waals surface area contributed by atoms with E-state index in [-0.39, 0.29) is 5.84 Å². The number of nitrogens with two attached hydrogens (primary N) is 1. The zero-order chi connectivity index (χ0) is 14.0. The molecule has 0 bridgehead atoms. The lowest BCUT2D eigenvalue weighted by atomic mass is 10.1. The van der Waals surface area contributed by atoms with Crippen LogP contribution in [0.25, 0.3) is 0 Å². The summed E-state index contributed by atoms with van der Waals surface area (Å²) in [6.07, 6.45) is 0. The molecule has 0 saturated heterocycles. The van der Waals surface area contributed by atoms with Crippen molar-refractivity contribution >= 4 is 28.0 Å². The number of aromatic nitrogens is 1. The molecule has 2 aromatic rings. The van der Waals surface area contributed by atoms with Crippen LogP contribution in [0.15, 0.2) is 29.4 Å². The average molecular weight is 276 g/mol. The van der Waals surface area contributed by atoms with Crippen molar-refractivity contribution in [3.8, 4) is 0 Å². The summed E-state index contributed by atoms with van der Waals surface area (Å²) in [6, 6.07) is 7.49. The first-order chi connectivity index (χ1) is 9.04. The van der Waals surface area contributed by atoms with Gasteiger partial charge in [-0.05, 0) is 26.0 Å². The Bertz CT molecular complexity index is 601. The molecule has 1 heterocycles. The van der Waals surface area contributed by atoms with Crippen LogP contribution in [0.4, 0.5) is 10.8 Å². The van der Waals surface area contributed by atoms with Crippen LogP contribution in [0.2, 0.25) is 0 Å². The van der Waals surface area contributed by atoms with Gasteiger partial charge in [0, 0.05) is 17.5 Å². The van der Waals surface area contributed by atoms with Crippen molar-refractivity contribution in [1.29, 1.82) is 0 Å². The molecule has 5 nitrogen and oxygen atoms in total. The molecular formula is C13H16N4OS. The second kappa shape index (κ2) is 5.27.